The van der Waals surface area contributed by atoms with Crippen LogP contribution in [-0.2, 0) is 16.0 Å². The predicted octanol–water partition coefficient (Wildman–Crippen LogP) is 1.23. The lowest BCUT2D eigenvalue weighted by Gasteiger charge is -2.27. The molecule has 2 heterocycles. The second-order valence-corrected chi connectivity index (χ2v) is 6.94. The van der Waals surface area contributed by atoms with Crippen LogP contribution in [0.1, 0.15) is 15.2 Å². The van der Waals surface area contributed by atoms with E-state index in [1.807, 2.05) is 30.3 Å². The van der Waals surface area contributed by atoms with E-state index in [1.54, 1.807) is 10.3 Å². The SMILES string of the molecule is NC(=O)c1sccc1C[C@@H](O)CNc1ccc(N2CCOCC2=O)cc1. The average molecular weight is 375 g/mol. The van der Waals surface area contributed by atoms with Crippen molar-refractivity contribution in [1.82, 2.24) is 0 Å². The van der Waals surface area contributed by atoms with Crippen LogP contribution in [-0.4, -0.2) is 49.3 Å². The summed E-state index contributed by atoms with van der Waals surface area (Å²) in [4.78, 5) is 25.4. The van der Waals surface area contributed by atoms with E-state index < -0.39 is 12.0 Å². The number of anilines is 2. The fourth-order valence-electron chi connectivity index (χ4n) is 2.82. The summed E-state index contributed by atoms with van der Waals surface area (Å²) in [6, 6.07) is 9.26. The molecule has 138 valence electrons. The van der Waals surface area contributed by atoms with Gasteiger partial charge >= 0.3 is 0 Å². The smallest absolute Gasteiger partial charge is 0.259 e. The Bertz CT molecular complexity index is 775. The fraction of sp³-hybridized carbons (Fsp3) is 0.333. The highest BCUT2D eigenvalue weighted by atomic mass is 32.1. The van der Waals surface area contributed by atoms with Gasteiger partial charge in [0.25, 0.3) is 11.8 Å². The van der Waals surface area contributed by atoms with Crippen molar-refractivity contribution in [2.75, 3.05) is 36.5 Å². The zero-order valence-electron chi connectivity index (χ0n) is 14.2. The summed E-state index contributed by atoms with van der Waals surface area (Å²) < 4.78 is 5.13. The van der Waals surface area contributed by atoms with Crippen LogP contribution < -0.4 is 16.0 Å². The molecule has 26 heavy (non-hydrogen) atoms. The molecular formula is C18H21N3O4S. The van der Waals surface area contributed by atoms with Gasteiger partial charge in [0.05, 0.1) is 17.6 Å². The summed E-state index contributed by atoms with van der Waals surface area (Å²) in [5.74, 6) is -0.517. The maximum atomic E-state index is 11.8. The Hall–Kier alpha value is -2.42. The molecule has 0 radical (unpaired) electrons. The standard InChI is InChI=1S/C18H21N3O4S/c19-18(24)17-12(5-8-26-17)9-15(22)10-20-13-1-3-14(4-2-13)21-6-7-25-11-16(21)23/h1-5,8,15,20,22H,6-7,9-11H2,(H2,19,24)/t15-/m1/s1. The van der Waals surface area contributed by atoms with E-state index >= 15 is 0 Å². The molecule has 1 aromatic carbocycles. The molecule has 0 spiro atoms. The molecule has 1 atom stereocenters. The molecule has 1 fully saturated rings. The molecule has 1 aromatic heterocycles. The molecular weight excluding hydrogens is 354 g/mol. The number of ether oxygens (including phenoxy) is 1. The summed E-state index contributed by atoms with van der Waals surface area (Å²) in [5.41, 5.74) is 7.75. The molecule has 2 aromatic rings. The number of primary amides is 1. The van der Waals surface area contributed by atoms with Crippen molar-refractivity contribution >= 4 is 34.5 Å². The third kappa shape index (κ3) is 4.40. The number of aliphatic hydroxyl groups is 1. The number of carbonyl (C=O) groups excluding carboxylic acids is 2. The first kappa shape index (κ1) is 18.4. The number of amides is 2. The van der Waals surface area contributed by atoms with Gasteiger partial charge in [-0.3, -0.25) is 9.59 Å². The molecule has 3 rings (SSSR count). The largest absolute Gasteiger partial charge is 0.391 e. The van der Waals surface area contributed by atoms with Crippen molar-refractivity contribution in [2.24, 2.45) is 5.73 Å². The molecule has 4 N–H and O–H groups in total. The Balaban J connectivity index is 1.53. The maximum Gasteiger partial charge on any atom is 0.259 e. The lowest BCUT2D eigenvalue weighted by Crippen LogP contribution is -2.41. The zero-order chi connectivity index (χ0) is 18.5. The number of hydrogen-bond donors (Lipinski definition) is 3. The summed E-state index contributed by atoms with van der Waals surface area (Å²) in [6.07, 6.45) is -0.294. The van der Waals surface area contributed by atoms with Crippen molar-refractivity contribution in [3.63, 3.8) is 0 Å². The molecule has 0 unspecified atom stereocenters. The highest BCUT2D eigenvalue weighted by Crippen LogP contribution is 2.21. The Morgan fingerprint density at radius 2 is 2.12 bits per heavy atom. The Labute approximate surface area is 155 Å². The minimum absolute atomic E-state index is 0.0478. The van der Waals surface area contributed by atoms with Crippen LogP contribution in [0.3, 0.4) is 0 Å². The van der Waals surface area contributed by atoms with Crippen molar-refractivity contribution in [3.8, 4) is 0 Å². The van der Waals surface area contributed by atoms with E-state index in [9.17, 15) is 14.7 Å². The molecule has 0 bridgehead atoms. The van der Waals surface area contributed by atoms with Gasteiger partial charge in [-0.25, -0.2) is 0 Å². The fourth-order valence-corrected chi connectivity index (χ4v) is 3.61. The van der Waals surface area contributed by atoms with Gasteiger partial charge in [0.15, 0.2) is 0 Å². The van der Waals surface area contributed by atoms with Crippen LogP contribution in [0.2, 0.25) is 0 Å². The number of carbonyl (C=O) groups is 2. The number of nitrogens with two attached hydrogens (primary N) is 1. The minimum Gasteiger partial charge on any atom is -0.391 e. The van der Waals surface area contributed by atoms with Gasteiger partial charge in [0, 0.05) is 30.9 Å². The average Bonchev–Trinajstić information content (AvgIpc) is 3.09. The van der Waals surface area contributed by atoms with Gasteiger partial charge < -0.3 is 25.8 Å². The molecule has 2 amide bonds. The van der Waals surface area contributed by atoms with Gasteiger partial charge in [-0.15, -0.1) is 11.3 Å². The second kappa shape index (κ2) is 8.31. The third-order valence-corrected chi connectivity index (χ3v) is 5.10. The third-order valence-electron chi connectivity index (χ3n) is 4.13. The number of hydrogen-bond acceptors (Lipinski definition) is 6. The van der Waals surface area contributed by atoms with Gasteiger partial charge in [-0.2, -0.15) is 0 Å². The predicted molar refractivity (Wildman–Crippen MR) is 101 cm³/mol. The minimum atomic E-state index is -0.650. The van der Waals surface area contributed by atoms with Crippen LogP contribution in [0.25, 0.3) is 0 Å². The molecule has 8 heteroatoms. The monoisotopic (exact) mass is 375 g/mol. The summed E-state index contributed by atoms with van der Waals surface area (Å²) >= 11 is 1.28. The quantitative estimate of drug-likeness (QED) is 0.675. The second-order valence-electron chi connectivity index (χ2n) is 6.02. The Kier molecular flexibility index (Phi) is 5.87. The first-order valence-corrected chi connectivity index (χ1v) is 9.19. The van der Waals surface area contributed by atoms with E-state index in [0.717, 1.165) is 16.9 Å². The topological polar surface area (TPSA) is 105 Å². The number of thiophene rings is 1. The van der Waals surface area contributed by atoms with E-state index in [-0.39, 0.29) is 12.5 Å². The van der Waals surface area contributed by atoms with Crippen molar-refractivity contribution < 1.29 is 19.4 Å². The summed E-state index contributed by atoms with van der Waals surface area (Å²) in [7, 11) is 0. The molecule has 0 aliphatic carbocycles. The maximum absolute atomic E-state index is 11.8. The van der Waals surface area contributed by atoms with Crippen LogP contribution in [0.15, 0.2) is 35.7 Å². The number of nitrogens with one attached hydrogen (secondary N) is 1. The highest BCUT2D eigenvalue weighted by Gasteiger charge is 2.20. The van der Waals surface area contributed by atoms with Crippen LogP contribution in [0.5, 0.6) is 0 Å². The number of morpholine rings is 1. The zero-order valence-corrected chi connectivity index (χ0v) is 15.0. The van der Waals surface area contributed by atoms with E-state index in [4.69, 9.17) is 10.5 Å². The van der Waals surface area contributed by atoms with Crippen LogP contribution in [0.4, 0.5) is 11.4 Å². The lowest BCUT2D eigenvalue weighted by molar-refractivity contribution is -0.125. The first-order chi connectivity index (χ1) is 12.5. The molecule has 7 nitrogen and oxygen atoms in total. The van der Waals surface area contributed by atoms with Crippen molar-refractivity contribution in [2.45, 2.75) is 12.5 Å². The number of nitrogens with zero attached hydrogens (tertiary/aromatic N) is 1. The number of aliphatic hydroxyl groups excluding tert-OH is 1. The van der Waals surface area contributed by atoms with E-state index in [2.05, 4.69) is 5.32 Å². The normalized spacial score (nSPS) is 15.7. The Morgan fingerprint density at radius 1 is 1.35 bits per heavy atom. The Morgan fingerprint density at radius 3 is 2.81 bits per heavy atom. The summed E-state index contributed by atoms with van der Waals surface area (Å²) in [5, 5.41) is 15.2. The van der Waals surface area contributed by atoms with E-state index in [0.29, 0.717) is 31.0 Å². The lowest BCUT2D eigenvalue weighted by atomic mass is 10.1. The van der Waals surface area contributed by atoms with Gasteiger partial charge in [-0.05, 0) is 41.3 Å². The number of rotatable bonds is 7. The van der Waals surface area contributed by atoms with Gasteiger partial charge in [0.1, 0.15) is 6.61 Å². The molecule has 1 saturated heterocycles. The molecule has 1 aliphatic rings. The van der Waals surface area contributed by atoms with E-state index in [1.165, 1.54) is 11.3 Å². The molecule has 0 saturated carbocycles. The molecule has 1 aliphatic heterocycles. The van der Waals surface area contributed by atoms with Crippen LogP contribution >= 0.6 is 11.3 Å². The van der Waals surface area contributed by atoms with Gasteiger partial charge in [0.2, 0.25) is 0 Å². The first-order valence-electron chi connectivity index (χ1n) is 8.31. The van der Waals surface area contributed by atoms with Crippen molar-refractivity contribution in [3.05, 3.63) is 46.2 Å². The van der Waals surface area contributed by atoms with Crippen LogP contribution in [0, 0.1) is 0 Å². The summed E-state index contributed by atoms with van der Waals surface area (Å²) in [6.45, 7) is 1.53. The van der Waals surface area contributed by atoms with Crippen molar-refractivity contribution in [1.29, 1.82) is 0 Å². The number of benzene rings is 1. The highest BCUT2D eigenvalue weighted by molar-refractivity contribution is 7.12. The van der Waals surface area contributed by atoms with Gasteiger partial charge in [-0.1, -0.05) is 0 Å².